The molecule has 0 aliphatic heterocycles. The molecule has 0 fully saturated rings. The Bertz CT molecular complexity index is 1750. The number of carbonyl (C=O) groups is 2. The second-order valence-corrected chi connectivity index (χ2v) is 11.6. The first-order chi connectivity index (χ1) is 21.3. The molecule has 0 spiro atoms. The van der Waals surface area contributed by atoms with Crippen LogP contribution in [-0.2, 0) is 4.74 Å². The molecular formula is C39H41NO4. The predicted octanol–water partition coefficient (Wildman–Crippen LogP) is 9.32. The maximum absolute atomic E-state index is 13.6. The third kappa shape index (κ3) is 7.28. The minimum absolute atomic E-state index is 0.133. The summed E-state index contributed by atoms with van der Waals surface area (Å²) in [5.74, 6) is 0.258. The van der Waals surface area contributed by atoms with Crippen LogP contribution in [0.5, 0.6) is 5.75 Å². The molecule has 0 radical (unpaired) electrons. The van der Waals surface area contributed by atoms with Crippen molar-refractivity contribution >= 4 is 33.4 Å². The molecule has 0 aliphatic rings. The van der Waals surface area contributed by atoms with Gasteiger partial charge >= 0.3 is 5.97 Å². The summed E-state index contributed by atoms with van der Waals surface area (Å²) < 4.78 is 12.1. The van der Waals surface area contributed by atoms with Gasteiger partial charge in [0.15, 0.2) is 0 Å². The third-order valence-corrected chi connectivity index (χ3v) is 8.29. The number of ether oxygens (including phenoxy) is 2. The van der Waals surface area contributed by atoms with Crippen LogP contribution in [0.3, 0.4) is 0 Å². The Hall–Kier alpha value is -4.64. The number of amides is 1. The molecule has 0 aliphatic carbocycles. The maximum Gasteiger partial charge on any atom is 0.338 e. The summed E-state index contributed by atoms with van der Waals surface area (Å²) >= 11 is 0. The van der Waals surface area contributed by atoms with E-state index in [0.717, 1.165) is 39.3 Å². The van der Waals surface area contributed by atoms with Gasteiger partial charge < -0.3 is 14.4 Å². The number of benzene rings is 5. The van der Waals surface area contributed by atoms with E-state index < -0.39 is 18.1 Å². The van der Waals surface area contributed by atoms with Crippen molar-refractivity contribution in [2.75, 3.05) is 13.7 Å². The van der Waals surface area contributed by atoms with Gasteiger partial charge in [-0.05, 0) is 83.8 Å². The molecule has 0 saturated carbocycles. The average Bonchev–Trinajstić information content (AvgIpc) is 3.05. The van der Waals surface area contributed by atoms with E-state index in [1.807, 2.05) is 97.9 Å². The fraction of sp³-hybridized carbons (Fsp3) is 0.282. The molecule has 5 aromatic carbocycles. The van der Waals surface area contributed by atoms with Crippen LogP contribution < -0.4 is 4.74 Å². The standard InChI is InChI=1S/C39H41NO4/c1-5-6-7-11-22-43-36-21-20-32-25-35(19-17-33(32)26-36)39(42)44-37(29-12-9-8-10-13-29)28(3)40(4)38(41)34-18-16-30-23-27(2)14-15-31(30)24-34/h8-10,12-21,23-26,28,37H,5-7,11,22H2,1-4H3/t28-,37-/m0/s1. The first-order valence-electron chi connectivity index (χ1n) is 15.5. The molecule has 0 aromatic heterocycles. The van der Waals surface area contributed by atoms with Gasteiger partial charge in [0.05, 0.1) is 18.2 Å². The molecule has 5 nitrogen and oxygen atoms in total. The Kier molecular flexibility index (Phi) is 9.96. The number of hydrogen-bond acceptors (Lipinski definition) is 4. The van der Waals surface area contributed by atoms with Crippen molar-refractivity contribution in [3.8, 4) is 5.75 Å². The second kappa shape index (κ2) is 14.2. The van der Waals surface area contributed by atoms with E-state index in [-0.39, 0.29) is 5.91 Å². The zero-order valence-electron chi connectivity index (χ0n) is 26.1. The Labute approximate surface area is 260 Å². The molecule has 5 rings (SSSR count). The van der Waals surface area contributed by atoms with Gasteiger partial charge in [0.1, 0.15) is 11.9 Å². The average molecular weight is 588 g/mol. The first kappa shape index (κ1) is 30.8. The van der Waals surface area contributed by atoms with Crippen LogP contribution in [0.2, 0.25) is 0 Å². The molecule has 0 N–H and O–H groups in total. The lowest BCUT2D eigenvalue weighted by atomic mass is 10.00. The van der Waals surface area contributed by atoms with Crippen LogP contribution in [0.1, 0.15) is 77.5 Å². The summed E-state index contributed by atoms with van der Waals surface area (Å²) in [7, 11) is 1.76. The summed E-state index contributed by atoms with van der Waals surface area (Å²) in [5.41, 5.74) is 3.04. The quantitative estimate of drug-likeness (QED) is 0.108. The highest BCUT2D eigenvalue weighted by Crippen LogP contribution is 2.29. The summed E-state index contributed by atoms with van der Waals surface area (Å²) in [5, 5.41) is 4.03. The molecule has 0 bridgehead atoms. The normalized spacial score (nSPS) is 12.5. The monoisotopic (exact) mass is 587 g/mol. The van der Waals surface area contributed by atoms with Crippen molar-refractivity contribution in [3.63, 3.8) is 0 Å². The van der Waals surface area contributed by atoms with Crippen LogP contribution in [-0.4, -0.2) is 36.5 Å². The largest absolute Gasteiger partial charge is 0.494 e. The van der Waals surface area contributed by atoms with Gasteiger partial charge in [-0.3, -0.25) is 4.79 Å². The predicted molar refractivity (Wildman–Crippen MR) is 178 cm³/mol. The van der Waals surface area contributed by atoms with Crippen LogP contribution in [0.4, 0.5) is 0 Å². The van der Waals surface area contributed by atoms with Crippen molar-refractivity contribution in [3.05, 3.63) is 125 Å². The summed E-state index contributed by atoms with van der Waals surface area (Å²) in [6.45, 7) is 6.87. The smallest absolute Gasteiger partial charge is 0.338 e. The molecule has 0 unspecified atom stereocenters. The van der Waals surface area contributed by atoms with Crippen molar-refractivity contribution in [2.24, 2.45) is 0 Å². The molecule has 0 saturated heterocycles. The second-order valence-electron chi connectivity index (χ2n) is 11.6. The van der Waals surface area contributed by atoms with E-state index in [1.165, 1.54) is 24.8 Å². The Morgan fingerprint density at radius 2 is 1.36 bits per heavy atom. The van der Waals surface area contributed by atoms with E-state index >= 15 is 0 Å². The zero-order valence-corrected chi connectivity index (χ0v) is 26.1. The van der Waals surface area contributed by atoms with Crippen LogP contribution in [0, 0.1) is 6.92 Å². The van der Waals surface area contributed by atoms with Gasteiger partial charge in [-0.2, -0.15) is 0 Å². The van der Waals surface area contributed by atoms with Crippen LogP contribution in [0.15, 0.2) is 103 Å². The Morgan fingerprint density at radius 3 is 2.11 bits per heavy atom. The highest BCUT2D eigenvalue weighted by Gasteiger charge is 2.30. The van der Waals surface area contributed by atoms with E-state index in [2.05, 4.69) is 19.9 Å². The number of likely N-dealkylation sites (N-methyl/N-ethyl adjacent to an activating group) is 1. The van der Waals surface area contributed by atoms with E-state index in [0.29, 0.717) is 17.7 Å². The van der Waals surface area contributed by atoms with E-state index in [9.17, 15) is 9.59 Å². The molecule has 5 heteroatoms. The van der Waals surface area contributed by atoms with Crippen molar-refractivity contribution in [1.82, 2.24) is 4.90 Å². The van der Waals surface area contributed by atoms with Crippen molar-refractivity contribution < 1.29 is 19.1 Å². The molecule has 0 heterocycles. The molecule has 5 aromatic rings. The summed E-state index contributed by atoms with van der Waals surface area (Å²) in [6.07, 6.45) is 3.97. The highest BCUT2D eigenvalue weighted by molar-refractivity contribution is 5.99. The number of fused-ring (bicyclic) bond motifs is 2. The summed E-state index contributed by atoms with van der Waals surface area (Å²) in [6, 6.07) is 32.6. The van der Waals surface area contributed by atoms with Gasteiger partial charge in [-0.15, -0.1) is 0 Å². The highest BCUT2D eigenvalue weighted by atomic mass is 16.5. The topological polar surface area (TPSA) is 55.8 Å². The summed E-state index contributed by atoms with van der Waals surface area (Å²) in [4.78, 5) is 28.9. The number of nitrogens with zero attached hydrogens (tertiary/aromatic N) is 1. The first-order valence-corrected chi connectivity index (χ1v) is 15.5. The fourth-order valence-electron chi connectivity index (χ4n) is 5.52. The molecule has 2 atom stereocenters. The molecular weight excluding hydrogens is 546 g/mol. The molecule has 1 amide bonds. The SMILES string of the molecule is CCCCCCOc1ccc2cc(C(=O)O[C@H](c3ccccc3)[C@H](C)N(C)C(=O)c3ccc4cc(C)ccc4c3)ccc2c1. The van der Waals surface area contributed by atoms with Gasteiger partial charge in [0.2, 0.25) is 0 Å². The van der Waals surface area contributed by atoms with Gasteiger partial charge in [-0.25, -0.2) is 4.79 Å². The minimum Gasteiger partial charge on any atom is -0.494 e. The molecule has 44 heavy (non-hydrogen) atoms. The number of carbonyl (C=O) groups excluding carboxylic acids is 2. The Balaban J connectivity index is 1.33. The van der Waals surface area contributed by atoms with Gasteiger partial charge in [-0.1, -0.05) is 98.5 Å². The van der Waals surface area contributed by atoms with Crippen LogP contribution in [0.25, 0.3) is 21.5 Å². The molecule has 226 valence electrons. The van der Waals surface area contributed by atoms with E-state index in [1.54, 1.807) is 18.0 Å². The zero-order chi connectivity index (χ0) is 31.1. The van der Waals surface area contributed by atoms with Gasteiger partial charge in [0, 0.05) is 12.6 Å². The third-order valence-electron chi connectivity index (χ3n) is 8.29. The van der Waals surface area contributed by atoms with Crippen LogP contribution >= 0.6 is 0 Å². The van der Waals surface area contributed by atoms with Gasteiger partial charge in [0.25, 0.3) is 5.91 Å². The lowest BCUT2D eigenvalue weighted by Gasteiger charge is -2.32. The lowest BCUT2D eigenvalue weighted by molar-refractivity contribution is 0.00568. The van der Waals surface area contributed by atoms with Crippen molar-refractivity contribution in [2.45, 2.75) is 58.6 Å². The number of rotatable bonds is 12. The lowest BCUT2D eigenvalue weighted by Crippen LogP contribution is -2.40. The number of aryl methyl sites for hydroxylation is 1. The maximum atomic E-state index is 13.6. The number of unbranched alkanes of at least 4 members (excludes halogenated alkanes) is 3. The van der Waals surface area contributed by atoms with E-state index in [4.69, 9.17) is 9.47 Å². The Morgan fingerprint density at radius 1 is 0.727 bits per heavy atom. The van der Waals surface area contributed by atoms with Crippen molar-refractivity contribution in [1.29, 1.82) is 0 Å². The number of esters is 1. The number of hydrogen-bond donors (Lipinski definition) is 0. The minimum atomic E-state index is -0.667. The fourth-order valence-corrected chi connectivity index (χ4v) is 5.52.